The zero-order chi connectivity index (χ0) is 15.1. The van der Waals surface area contributed by atoms with E-state index in [1.54, 1.807) is 0 Å². The van der Waals surface area contributed by atoms with Gasteiger partial charge in [0.25, 0.3) is 0 Å². The van der Waals surface area contributed by atoms with E-state index >= 15 is 0 Å². The van der Waals surface area contributed by atoms with Gasteiger partial charge in [-0.15, -0.1) is 0 Å². The van der Waals surface area contributed by atoms with Crippen LogP contribution in [-0.4, -0.2) is 23.1 Å². The fraction of sp³-hybridized carbons (Fsp3) is 0.562. The second-order valence-corrected chi connectivity index (χ2v) is 5.33. The molecule has 0 saturated carbocycles. The van der Waals surface area contributed by atoms with Crippen molar-refractivity contribution in [2.24, 2.45) is 0 Å². The third kappa shape index (κ3) is 4.94. The molecule has 0 fully saturated rings. The summed E-state index contributed by atoms with van der Waals surface area (Å²) in [5.74, 6) is 0.0181. The summed E-state index contributed by atoms with van der Waals surface area (Å²) in [4.78, 5) is 12.0. The van der Waals surface area contributed by atoms with Gasteiger partial charge in [-0.05, 0) is 38.3 Å². The van der Waals surface area contributed by atoms with Crippen LogP contribution in [0.3, 0.4) is 0 Å². The van der Waals surface area contributed by atoms with Crippen molar-refractivity contribution in [1.82, 2.24) is 10.6 Å². The first-order valence-corrected chi connectivity index (χ1v) is 7.24. The lowest BCUT2D eigenvalue weighted by molar-refractivity contribution is -0.123. The summed E-state index contributed by atoms with van der Waals surface area (Å²) in [7, 11) is 0. The van der Waals surface area contributed by atoms with Crippen LogP contribution >= 0.6 is 0 Å². The van der Waals surface area contributed by atoms with Crippen molar-refractivity contribution in [3.05, 3.63) is 35.4 Å². The van der Waals surface area contributed by atoms with Gasteiger partial charge in [-0.1, -0.05) is 31.2 Å². The number of benzene rings is 1. The Kier molecular flexibility index (Phi) is 6.68. The Morgan fingerprint density at radius 2 is 2.00 bits per heavy atom. The lowest BCUT2D eigenvalue weighted by Gasteiger charge is -2.22. The SMILES string of the molecule is CCC(C)NC(=O)C(C)NC(C)c1cccc(CO)c1. The van der Waals surface area contributed by atoms with E-state index in [0.29, 0.717) is 0 Å². The molecule has 0 radical (unpaired) electrons. The molecule has 0 aliphatic carbocycles. The number of carbonyl (C=O) groups excluding carboxylic acids is 1. The third-order valence-electron chi connectivity index (χ3n) is 3.53. The highest BCUT2D eigenvalue weighted by Gasteiger charge is 2.17. The first-order valence-electron chi connectivity index (χ1n) is 7.24. The molecular weight excluding hydrogens is 252 g/mol. The molecule has 0 bridgehead atoms. The summed E-state index contributed by atoms with van der Waals surface area (Å²) >= 11 is 0. The van der Waals surface area contributed by atoms with Gasteiger partial charge in [-0.25, -0.2) is 0 Å². The number of carbonyl (C=O) groups is 1. The van der Waals surface area contributed by atoms with E-state index in [9.17, 15) is 4.79 Å². The normalized spacial score (nSPS) is 15.4. The first kappa shape index (κ1) is 16.7. The number of rotatable bonds is 7. The molecule has 1 aromatic carbocycles. The predicted octanol–water partition coefficient (Wildman–Crippen LogP) is 2.13. The summed E-state index contributed by atoms with van der Waals surface area (Å²) < 4.78 is 0. The van der Waals surface area contributed by atoms with Gasteiger partial charge >= 0.3 is 0 Å². The maximum Gasteiger partial charge on any atom is 0.237 e. The van der Waals surface area contributed by atoms with Crippen molar-refractivity contribution in [3.63, 3.8) is 0 Å². The fourth-order valence-corrected chi connectivity index (χ4v) is 1.98. The predicted molar refractivity (Wildman–Crippen MR) is 81.3 cm³/mol. The van der Waals surface area contributed by atoms with Gasteiger partial charge < -0.3 is 10.4 Å². The van der Waals surface area contributed by atoms with Gasteiger partial charge in [0.2, 0.25) is 5.91 Å². The molecule has 20 heavy (non-hydrogen) atoms. The van der Waals surface area contributed by atoms with Gasteiger partial charge in [0, 0.05) is 12.1 Å². The van der Waals surface area contributed by atoms with Crippen LogP contribution in [0.2, 0.25) is 0 Å². The summed E-state index contributed by atoms with van der Waals surface area (Å²) in [5.41, 5.74) is 1.95. The van der Waals surface area contributed by atoms with Crippen LogP contribution in [0.4, 0.5) is 0 Å². The molecular formula is C16H26N2O2. The minimum Gasteiger partial charge on any atom is -0.392 e. The topological polar surface area (TPSA) is 61.4 Å². The zero-order valence-electron chi connectivity index (χ0n) is 12.8. The molecule has 1 amide bonds. The molecule has 3 N–H and O–H groups in total. The fourth-order valence-electron chi connectivity index (χ4n) is 1.98. The molecule has 3 unspecified atom stereocenters. The molecule has 112 valence electrons. The van der Waals surface area contributed by atoms with E-state index in [1.807, 2.05) is 52.0 Å². The average molecular weight is 278 g/mol. The van der Waals surface area contributed by atoms with Crippen LogP contribution in [0.1, 0.15) is 51.3 Å². The van der Waals surface area contributed by atoms with Crippen molar-refractivity contribution in [2.45, 2.75) is 58.8 Å². The highest BCUT2D eigenvalue weighted by Crippen LogP contribution is 2.15. The smallest absolute Gasteiger partial charge is 0.237 e. The van der Waals surface area contributed by atoms with Gasteiger partial charge in [0.15, 0.2) is 0 Å². The Hall–Kier alpha value is -1.39. The highest BCUT2D eigenvalue weighted by atomic mass is 16.3. The van der Waals surface area contributed by atoms with Crippen molar-refractivity contribution in [2.75, 3.05) is 0 Å². The minimum absolute atomic E-state index is 0.0181. The molecule has 1 aromatic rings. The van der Waals surface area contributed by atoms with E-state index in [1.165, 1.54) is 0 Å². The highest BCUT2D eigenvalue weighted by molar-refractivity contribution is 5.81. The molecule has 0 aromatic heterocycles. The summed E-state index contributed by atoms with van der Waals surface area (Å²) in [6.45, 7) is 7.96. The number of amides is 1. The van der Waals surface area contributed by atoms with Crippen LogP contribution in [0.5, 0.6) is 0 Å². The number of hydrogen-bond donors (Lipinski definition) is 3. The number of aliphatic hydroxyl groups is 1. The Labute approximate surface area is 121 Å². The number of aliphatic hydroxyl groups excluding tert-OH is 1. The van der Waals surface area contributed by atoms with Crippen LogP contribution in [0.15, 0.2) is 24.3 Å². The van der Waals surface area contributed by atoms with Gasteiger partial charge in [-0.3, -0.25) is 10.1 Å². The summed E-state index contributed by atoms with van der Waals surface area (Å²) in [6.07, 6.45) is 0.923. The largest absolute Gasteiger partial charge is 0.392 e. The van der Waals surface area contributed by atoms with E-state index in [4.69, 9.17) is 5.11 Å². The second kappa shape index (κ2) is 8.02. The molecule has 0 aliphatic heterocycles. The van der Waals surface area contributed by atoms with E-state index in [2.05, 4.69) is 10.6 Å². The summed E-state index contributed by atoms with van der Waals surface area (Å²) in [6, 6.07) is 7.75. The van der Waals surface area contributed by atoms with Crippen molar-refractivity contribution in [1.29, 1.82) is 0 Å². The van der Waals surface area contributed by atoms with Gasteiger partial charge in [-0.2, -0.15) is 0 Å². The molecule has 1 rings (SSSR count). The Morgan fingerprint density at radius 3 is 2.60 bits per heavy atom. The third-order valence-corrected chi connectivity index (χ3v) is 3.53. The van der Waals surface area contributed by atoms with Gasteiger partial charge in [0.05, 0.1) is 12.6 Å². The van der Waals surface area contributed by atoms with E-state index < -0.39 is 0 Å². The van der Waals surface area contributed by atoms with Crippen LogP contribution in [-0.2, 0) is 11.4 Å². The number of hydrogen-bond acceptors (Lipinski definition) is 3. The Morgan fingerprint density at radius 1 is 1.30 bits per heavy atom. The Bertz CT molecular complexity index is 434. The lowest BCUT2D eigenvalue weighted by atomic mass is 10.0. The van der Waals surface area contributed by atoms with Gasteiger partial charge in [0.1, 0.15) is 0 Å². The minimum atomic E-state index is -0.253. The van der Waals surface area contributed by atoms with Crippen molar-refractivity contribution < 1.29 is 9.90 Å². The van der Waals surface area contributed by atoms with Crippen LogP contribution in [0, 0.1) is 0 Å². The molecule has 0 aliphatic rings. The molecule has 0 spiro atoms. The first-order chi connectivity index (χ1) is 9.47. The standard InChI is InChI=1S/C16H26N2O2/c1-5-11(2)17-16(20)13(4)18-12(3)15-8-6-7-14(9-15)10-19/h6-9,11-13,18-19H,5,10H2,1-4H3,(H,17,20). The molecule has 4 heteroatoms. The van der Waals surface area contributed by atoms with E-state index in [-0.39, 0.29) is 30.6 Å². The Balaban J connectivity index is 2.60. The average Bonchev–Trinajstić information content (AvgIpc) is 2.46. The zero-order valence-corrected chi connectivity index (χ0v) is 12.8. The maximum atomic E-state index is 12.0. The van der Waals surface area contributed by atoms with Crippen molar-refractivity contribution >= 4 is 5.91 Å². The second-order valence-electron chi connectivity index (χ2n) is 5.33. The van der Waals surface area contributed by atoms with E-state index in [0.717, 1.165) is 17.5 Å². The molecule has 0 heterocycles. The molecule has 3 atom stereocenters. The van der Waals surface area contributed by atoms with Crippen LogP contribution < -0.4 is 10.6 Å². The molecule has 0 saturated heterocycles. The summed E-state index contributed by atoms with van der Waals surface area (Å²) in [5, 5.41) is 15.4. The molecule has 4 nitrogen and oxygen atoms in total. The maximum absolute atomic E-state index is 12.0. The quantitative estimate of drug-likeness (QED) is 0.716. The van der Waals surface area contributed by atoms with Crippen molar-refractivity contribution in [3.8, 4) is 0 Å². The monoisotopic (exact) mass is 278 g/mol. The van der Waals surface area contributed by atoms with Crippen LogP contribution in [0.25, 0.3) is 0 Å². The number of nitrogens with one attached hydrogen (secondary N) is 2. The lowest BCUT2D eigenvalue weighted by Crippen LogP contribution is -2.46.